The average molecular weight is 276 g/mol. The van der Waals surface area contributed by atoms with E-state index in [9.17, 15) is 0 Å². The second kappa shape index (κ2) is 5.59. The van der Waals surface area contributed by atoms with Gasteiger partial charge in [0.2, 0.25) is 0 Å². The summed E-state index contributed by atoms with van der Waals surface area (Å²) in [6, 6.07) is 23.1. The number of hydrogen-bond acceptors (Lipinski definition) is 3. The minimum atomic E-state index is 0.722. The van der Waals surface area contributed by atoms with Crippen LogP contribution >= 0.6 is 0 Å². The predicted molar refractivity (Wildman–Crippen MR) is 87.2 cm³/mol. The first-order chi connectivity index (χ1) is 10.2. The number of benzene rings is 3. The van der Waals surface area contributed by atoms with Gasteiger partial charge < -0.3 is 16.2 Å². The molecule has 0 amide bonds. The van der Waals surface area contributed by atoms with E-state index in [1.54, 1.807) is 0 Å². The maximum atomic E-state index is 5.81. The van der Waals surface area contributed by atoms with E-state index in [4.69, 9.17) is 16.2 Å². The van der Waals surface area contributed by atoms with E-state index < -0.39 is 0 Å². The van der Waals surface area contributed by atoms with Crippen molar-refractivity contribution < 1.29 is 4.74 Å². The molecule has 0 aliphatic rings. The Morgan fingerprint density at radius 1 is 0.571 bits per heavy atom. The van der Waals surface area contributed by atoms with Gasteiger partial charge in [0, 0.05) is 11.4 Å². The van der Waals surface area contributed by atoms with Crippen molar-refractivity contribution in [1.82, 2.24) is 0 Å². The van der Waals surface area contributed by atoms with E-state index in [2.05, 4.69) is 0 Å². The van der Waals surface area contributed by atoms with Gasteiger partial charge in [-0.05, 0) is 59.7 Å². The van der Waals surface area contributed by atoms with Crippen LogP contribution in [0.4, 0.5) is 11.4 Å². The van der Waals surface area contributed by atoms with Crippen LogP contribution in [0, 0.1) is 0 Å². The van der Waals surface area contributed by atoms with Crippen molar-refractivity contribution in [2.75, 3.05) is 11.5 Å². The van der Waals surface area contributed by atoms with E-state index >= 15 is 0 Å². The van der Waals surface area contributed by atoms with Crippen LogP contribution < -0.4 is 16.2 Å². The average Bonchev–Trinajstić information content (AvgIpc) is 2.50. The quantitative estimate of drug-likeness (QED) is 0.701. The summed E-state index contributed by atoms with van der Waals surface area (Å²) in [7, 11) is 0. The zero-order chi connectivity index (χ0) is 14.7. The van der Waals surface area contributed by atoms with Crippen LogP contribution in [0.5, 0.6) is 11.5 Å². The third kappa shape index (κ3) is 3.15. The Morgan fingerprint density at radius 2 is 1.19 bits per heavy atom. The van der Waals surface area contributed by atoms with E-state index in [0.29, 0.717) is 0 Å². The van der Waals surface area contributed by atoms with Crippen molar-refractivity contribution >= 4 is 11.4 Å². The maximum Gasteiger partial charge on any atom is 0.127 e. The van der Waals surface area contributed by atoms with Crippen molar-refractivity contribution in [3.63, 3.8) is 0 Å². The molecule has 0 radical (unpaired) electrons. The lowest BCUT2D eigenvalue weighted by atomic mass is 10.1. The SMILES string of the molecule is Nc1ccc(Oc2ccc(-c3cccc(N)c3)cc2)cc1. The fourth-order valence-electron chi connectivity index (χ4n) is 2.11. The highest BCUT2D eigenvalue weighted by Crippen LogP contribution is 2.27. The molecule has 3 aromatic carbocycles. The predicted octanol–water partition coefficient (Wildman–Crippen LogP) is 4.31. The monoisotopic (exact) mass is 276 g/mol. The van der Waals surface area contributed by atoms with E-state index in [0.717, 1.165) is 34.0 Å². The summed E-state index contributed by atoms with van der Waals surface area (Å²) in [5, 5.41) is 0. The zero-order valence-corrected chi connectivity index (χ0v) is 11.5. The van der Waals surface area contributed by atoms with Gasteiger partial charge in [-0.1, -0.05) is 24.3 Å². The van der Waals surface area contributed by atoms with Crippen molar-refractivity contribution in [1.29, 1.82) is 0 Å². The molecule has 0 spiro atoms. The molecule has 0 unspecified atom stereocenters. The topological polar surface area (TPSA) is 61.3 Å². The van der Waals surface area contributed by atoms with Crippen molar-refractivity contribution in [3.8, 4) is 22.6 Å². The fraction of sp³-hybridized carbons (Fsp3) is 0. The molecule has 21 heavy (non-hydrogen) atoms. The molecule has 3 aromatic rings. The van der Waals surface area contributed by atoms with Crippen LogP contribution in [0.25, 0.3) is 11.1 Å². The largest absolute Gasteiger partial charge is 0.457 e. The number of ether oxygens (including phenoxy) is 1. The van der Waals surface area contributed by atoms with Crippen molar-refractivity contribution in [2.24, 2.45) is 0 Å². The summed E-state index contributed by atoms with van der Waals surface area (Å²) in [5.41, 5.74) is 15.1. The molecule has 3 rings (SSSR count). The Labute approximate surface area is 123 Å². The highest BCUT2D eigenvalue weighted by Gasteiger charge is 2.00. The second-order valence-electron chi connectivity index (χ2n) is 4.82. The van der Waals surface area contributed by atoms with Crippen molar-refractivity contribution in [2.45, 2.75) is 0 Å². The lowest BCUT2D eigenvalue weighted by Gasteiger charge is -2.07. The van der Waals surface area contributed by atoms with Crippen LogP contribution in [0.2, 0.25) is 0 Å². The molecule has 0 atom stereocenters. The zero-order valence-electron chi connectivity index (χ0n) is 11.5. The minimum Gasteiger partial charge on any atom is -0.457 e. The molecule has 104 valence electrons. The molecule has 0 aliphatic carbocycles. The normalized spacial score (nSPS) is 10.3. The summed E-state index contributed by atoms with van der Waals surface area (Å²) in [5.74, 6) is 1.55. The fourth-order valence-corrected chi connectivity index (χ4v) is 2.11. The lowest BCUT2D eigenvalue weighted by molar-refractivity contribution is 0.483. The van der Waals surface area contributed by atoms with Crippen LogP contribution in [0.3, 0.4) is 0 Å². The summed E-state index contributed by atoms with van der Waals surface area (Å²) in [6.07, 6.45) is 0. The molecule has 0 bridgehead atoms. The standard InChI is InChI=1S/C18H16N2O/c19-15-6-10-18(11-7-15)21-17-8-4-13(5-9-17)14-2-1-3-16(20)12-14/h1-12H,19-20H2. The van der Waals surface area contributed by atoms with Crippen LogP contribution in [0.15, 0.2) is 72.8 Å². The first-order valence-corrected chi connectivity index (χ1v) is 6.70. The van der Waals surface area contributed by atoms with Crippen LogP contribution in [-0.2, 0) is 0 Å². The van der Waals surface area contributed by atoms with Crippen LogP contribution in [0.1, 0.15) is 0 Å². The molecular weight excluding hydrogens is 260 g/mol. The maximum absolute atomic E-state index is 5.81. The number of nitrogens with two attached hydrogens (primary N) is 2. The lowest BCUT2D eigenvalue weighted by Crippen LogP contribution is -1.87. The number of hydrogen-bond donors (Lipinski definition) is 2. The Bertz CT molecular complexity index is 734. The van der Waals surface area contributed by atoms with E-state index in [1.807, 2.05) is 72.8 Å². The van der Waals surface area contributed by atoms with Gasteiger partial charge in [-0.2, -0.15) is 0 Å². The van der Waals surface area contributed by atoms with Crippen molar-refractivity contribution in [3.05, 3.63) is 72.8 Å². The Balaban J connectivity index is 1.79. The van der Waals surface area contributed by atoms with E-state index in [1.165, 1.54) is 0 Å². The summed E-state index contributed by atoms with van der Waals surface area (Å²) < 4.78 is 5.77. The Morgan fingerprint density at radius 3 is 1.81 bits per heavy atom. The first-order valence-electron chi connectivity index (χ1n) is 6.70. The molecule has 0 heterocycles. The molecule has 0 aliphatic heterocycles. The van der Waals surface area contributed by atoms with Gasteiger partial charge in [-0.3, -0.25) is 0 Å². The molecule has 0 fully saturated rings. The van der Waals surface area contributed by atoms with Gasteiger partial charge >= 0.3 is 0 Å². The van der Waals surface area contributed by atoms with Gasteiger partial charge in [0.15, 0.2) is 0 Å². The number of anilines is 2. The highest BCUT2D eigenvalue weighted by molar-refractivity contribution is 5.67. The molecule has 0 aromatic heterocycles. The smallest absolute Gasteiger partial charge is 0.127 e. The molecule has 4 N–H and O–H groups in total. The molecule has 3 nitrogen and oxygen atoms in total. The Kier molecular flexibility index (Phi) is 3.48. The second-order valence-corrected chi connectivity index (χ2v) is 4.82. The highest BCUT2D eigenvalue weighted by atomic mass is 16.5. The number of rotatable bonds is 3. The van der Waals surface area contributed by atoms with Gasteiger partial charge in [-0.25, -0.2) is 0 Å². The van der Waals surface area contributed by atoms with Crippen LogP contribution in [-0.4, -0.2) is 0 Å². The molecule has 0 saturated carbocycles. The molecular formula is C18H16N2O. The van der Waals surface area contributed by atoms with E-state index in [-0.39, 0.29) is 0 Å². The summed E-state index contributed by atoms with van der Waals surface area (Å²) >= 11 is 0. The minimum absolute atomic E-state index is 0.722. The molecule has 0 saturated heterocycles. The number of nitrogen functional groups attached to an aromatic ring is 2. The van der Waals surface area contributed by atoms with Gasteiger partial charge in [0.25, 0.3) is 0 Å². The van der Waals surface area contributed by atoms with Gasteiger partial charge in [-0.15, -0.1) is 0 Å². The van der Waals surface area contributed by atoms with Gasteiger partial charge in [0.05, 0.1) is 0 Å². The van der Waals surface area contributed by atoms with Gasteiger partial charge in [0.1, 0.15) is 11.5 Å². The summed E-state index contributed by atoms with van der Waals surface area (Å²) in [4.78, 5) is 0. The first kappa shape index (κ1) is 13.1. The summed E-state index contributed by atoms with van der Waals surface area (Å²) in [6.45, 7) is 0. The molecule has 3 heteroatoms. The Hall–Kier alpha value is -2.94. The third-order valence-electron chi connectivity index (χ3n) is 3.19. The third-order valence-corrected chi connectivity index (χ3v) is 3.19.